The second-order valence-electron chi connectivity index (χ2n) is 6.67. The van der Waals surface area contributed by atoms with Crippen LogP contribution in [0, 0.1) is 0 Å². The highest BCUT2D eigenvalue weighted by Crippen LogP contribution is 2.38. The molecule has 1 N–H and O–H groups in total. The monoisotopic (exact) mass is 379 g/mol. The first-order chi connectivity index (χ1) is 13.6. The predicted octanol–water partition coefficient (Wildman–Crippen LogP) is 2.85. The summed E-state index contributed by atoms with van der Waals surface area (Å²) in [6.07, 6.45) is 3.09. The van der Waals surface area contributed by atoms with Crippen LogP contribution in [0.15, 0.2) is 60.4 Å². The van der Waals surface area contributed by atoms with Crippen molar-refractivity contribution in [2.75, 3.05) is 26.2 Å². The summed E-state index contributed by atoms with van der Waals surface area (Å²) >= 11 is 0. The number of likely N-dealkylation sites (tertiary alicyclic amines) is 1. The molecule has 28 heavy (non-hydrogen) atoms. The first-order valence-electron chi connectivity index (χ1n) is 9.54. The van der Waals surface area contributed by atoms with E-state index < -0.39 is 17.7 Å². The number of ketones is 1. The van der Waals surface area contributed by atoms with Gasteiger partial charge in [-0.25, -0.2) is 0 Å². The van der Waals surface area contributed by atoms with Crippen molar-refractivity contribution in [3.05, 3.63) is 71.6 Å². The van der Waals surface area contributed by atoms with Crippen LogP contribution in [0.5, 0.6) is 0 Å². The summed E-state index contributed by atoms with van der Waals surface area (Å²) in [6, 6.07) is 12.0. The first kappa shape index (κ1) is 19.8. The van der Waals surface area contributed by atoms with Gasteiger partial charge in [0.2, 0.25) is 0 Å². The van der Waals surface area contributed by atoms with Gasteiger partial charge in [-0.05, 0) is 30.8 Å². The third kappa shape index (κ3) is 3.82. The van der Waals surface area contributed by atoms with E-state index in [4.69, 9.17) is 0 Å². The average molecular weight is 379 g/mol. The summed E-state index contributed by atoms with van der Waals surface area (Å²) in [5, 5.41) is 10.9. The third-order valence-electron chi connectivity index (χ3n) is 5.16. The van der Waals surface area contributed by atoms with Crippen LogP contribution in [0.2, 0.25) is 0 Å². The van der Waals surface area contributed by atoms with Crippen LogP contribution < -0.4 is 0 Å². The number of carbonyl (C=O) groups is 2. The number of aromatic nitrogens is 1. The maximum absolute atomic E-state index is 12.9. The zero-order chi connectivity index (χ0) is 20.1. The van der Waals surface area contributed by atoms with E-state index in [2.05, 4.69) is 23.7 Å². The molecule has 0 bridgehead atoms. The number of aliphatic hydroxyl groups is 1. The van der Waals surface area contributed by atoms with Gasteiger partial charge in [0.1, 0.15) is 5.76 Å². The molecule has 6 heteroatoms. The van der Waals surface area contributed by atoms with Gasteiger partial charge < -0.3 is 14.9 Å². The Morgan fingerprint density at radius 3 is 2.32 bits per heavy atom. The number of likely N-dealkylation sites (N-methyl/N-ethyl adjacent to an activating group) is 1. The number of amides is 1. The van der Waals surface area contributed by atoms with Crippen LogP contribution in [-0.4, -0.2) is 57.8 Å². The molecule has 2 heterocycles. The third-order valence-corrected chi connectivity index (χ3v) is 5.16. The van der Waals surface area contributed by atoms with Crippen LogP contribution in [0.25, 0.3) is 5.76 Å². The van der Waals surface area contributed by atoms with Crippen molar-refractivity contribution in [3.63, 3.8) is 0 Å². The standard InChI is InChI=1S/C22H25N3O3/c1-3-24(4-2)14-15-25-19(16-8-6-5-7-9-16)18(21(27)22(25)28)20(26)17-10-12-23-13-11-17/h5-13,19,26H,3-4,14-15H2,1-2H3. The molecular formula is C22H25N3O3. The van der Waals surface area contributed by atoms with Crippen molar-refractivity contribution < 1.29 is 14.7 Å². The maximum atomic E-state index is 12.9. The fourth-order valence-corrected chi connectivity index (χ4v) is 3.55. The van der Waals surface area contributed by atoms with E-state index in [1.54, 1.807) is 29.4 Å². The van der Waals surface area contributed by atoms with E-state index in [1.807, 2.05) is 30.3 Å². The Labute approximate surface area is 165 Å². The molecule has 0 aliphatic carbocycles. The Bertz CT molecular complexity index is 861. The highest BCUT2D eigenvalue weighted by molar-refractivity contribution is 6.46. The van der Waals surface area contributed by atoms with Gasteiger partial charge in [0.05, 0.1) is 11.6 Å². The molecule has 1 fully saturated rings. The zero-order valence-corrected chi connectivity index (χ0v) is 16.2. The summed E-state index contributed by atoms with van der Waals surface area (Å²) in [5.41, 5.74) is 1.40. The fourth-order valence-electron chi connectivity index (χ4n) is 3.55. The van der Waals surface area contributed by atoms with Crippen molar-refractivity contribution >= 4 is 17.4 Å². The lowest BCUT2D eigenvalue weighted by molar-refractivity contribution is -0.140. The largest absolute Gasteiger partial charge is 0.507 e. The molecule has 0 spiro atoms. The minimum Gasteiger partial charge on any atom is -0.507 e. The van der Waals surface area contributed by atoms with E-state index in [9.17, 15) is 14.7 Å². The van der Waals surface area contributed by atoms with Crippen molar-refractivity contribution in [1.82, 2.24) is 14.8 Å². The van der Waals surface area contributed by atoms with Gasteiger partial charge in [0.25, 0.3) is 11.7 Å². The highest BCUT2D eigenvalue weighted by atomic mass is 16.3. The summed E-state index contributed by atoms with van der Waals surface area (Å²) in [7, 11) is 0. The van der Waals surface area contributed by atoms with Gasteiger partial charge in [-0.15, -0.1) is 0 Å². The second-order valence-corrected chi connectivity index (χ2v) is 6.67. The Balaban J connectivity index is 2.06. The normalized spacial score (nSPS) is 18.8. The van der Waals surface area contributed by atoms with Crippen molar-refractivity contribution in [1.29, 1.82) is 0 Å². The SMILES string of the molecule is CCN(CC)CCN1C(=O)C(=O)C(=C(O)c2ccncc2)C1c1ccccc1. The number of Topliss-reactive ketones (excluding diaryl/α,β-unsaturated/α-hetero) is 1. The van der Waals surface area contributed by atoms with Crippen molar-refractivity contribution in [2.45, 2.75) is 19.9 Å². The Hall–Kier alpha value is -2.99. The molecule has 1 saturated heterocycles. The molecule has 1 unspecified atom stereocenters. The second kappa shape index (κ2) is 8.80. The van der Waals surface area contributed by atoms with E-state index in [1.165, 1.54) is 0 Å². The van der Waals surface area contributed by atoms with Crippen LogP contribution >= 0.6 is 0 Å². The number of hydrogen-bond donors (Lipinski definition) is 1. The predicted molar refractivity (Wildman–Crippen MR) is 107 cm³/mol. The Morgan fingerprint density at radius 1 is 1.07 bits per heavy atom. The van der Waals surface area contributed by atoms with Gasteiger partial charge in [0, 0.05) is 31.0 Å². The molecule has 0 saturated carbocycles. The van der Waals surface area contributed by atoms with Gasteiger partial charge in [-0.2, -0.15) is 0 Å². The fraction of sp³-hybridized carbons (Fsp3) is 0.318. The maximum Gasteiger partial charge on any atom is 0.295 e. The lowest BCUT2D eigenvalue weighted by Gasteiger charge is -2.28. The molecule has 1 aromatic carbocycles. The number of rotatable bonds is 7. The lowest BCUT2D eigenvalue weighted by atomic mass is 9.95. The molecule has 2 aromatic rings. The number of nitrogens with zero attached hydrogens (tertiary/aromatic N) is 3. The lowest BCUT2D eigenvalue weighted by Crippen LogP contribution is -2.38. The number of pyridine rings is 1. The first-order valence-corrected chi connectivity index (χ1v) is 9.54. The van der Waals surface area contributed by atoms with Crippen LogP contribution in [-0.2, 0) is 9.59 Å². The van der Waals surface area contributed by atoms with E-state index in [0.717, 1.165) is 18.7 Å². The van der Waals surface area contributed by atoms with Crippen LogP contribution in [0.3, 0.4) is 0 Å². The zero-order valence-electron chi connectivity index (χ0n) is 16.2. The van der Waals surface area contributed by atoms with Crippen LogP contribution in [0.1, 0.15) is 31.0 Å². The topological polar surface area (TPSA) is 73.7 Å². The average Bonchev–Trinajstić information content (AvgIpc) is 3.00. The summed E-state index contributed by atoms with van der Waals surface area (Å²) in [5.74, 6) is -1.39. The number of hydrogen-bond acceptors (Lipinski definition) is 5. The van der Waals surface area contributed by atoms with Crippen LogP contribution in [0.4, 0.5) is 0 Å². The molecular weight excluding hydrogens is 354 g/mol. The van der Waals surface area contributed by atoms with Crippen molar-refractivity contribution in [3.8, 4) is 0 Å². The molecule has 6 nitrogen and oxygen atoms in total. The molecule has 1 atom stereocenters. The summed E-state index contributed by atoms with van der Waals surface area (Å²) in [4.78, 5) is 33.4. The minimum atomic E-state index is -0.650. The quantitative estimate of drug-likeness (QED) is 0.455. The molecule has 1 aromatic heterocycles. The molecule has 1 aliphatic rings. The van der Waals surface area contributed by atoms with Crippen molar-refractivity contribution in [2.24, 2.45) is 0 Å². The molecule has 1 aliphatic heterocycles. The van der Waals surface area contributed by atoms with Gasteiger partial charge in [-0.1, -0.05) is 44.2 Å². The van der Waals surface area contributed by atoms with Gasteiger partial charge >= 0.3 is 0 Å². The summed E-state index contributed by atoms with van der Waals surface area (Å²) < 4.78 is 0. The number of carbonyl (C=O) groups excluding carboxylic acids is 2. The minimum absolute atomic E-state index is 0.127. The molecule has 0 radical (unpaired) electrons. The van der Waals surface area contributed by atoms with Gasteiger partial charge in [-0.3, -0.25) is 14.6 Å². The highest BCUT2D eigenvalue weighted by Gasteiger charge is 2.45. The molecule has 146 valence electrons. The Morgan fingerprint density at radius 2 is 1.71 bits per heavy atom. The smallest absolute Gasteiger partial charge is 0.295 e. The van der Waals surface area contributed by atoms with Gasteiger partial charge in [0.15, 0.2) is 0 Å². The number of benzene rings is 1. The number of aliphatic hydroxyl groups excluding tert-OH is 1. The van der Waals surface area contributed by atoms with E-state index >= 15 is 0 Å². The molecule has 1 amide bonds. The molecule has 3 rings (SSSR count). The Kier molecular flexibility index (Phi) is 6.21. The van der Waals surface area contributed by atoms with E-state index in [0.29, 0.717) is 18.7 Å². The summed E-state index contributed by atoms with van der Waals surface area (Å²) in [6.45, 7) is 6.95. The van der Waals surface area contributed by atoms with E-state index in [-0.39, 0.29) is 11.3 Å².